The van der Waals surface area contributed by atoms with Crippen molar-refractivity contribution in [2.24, 2.45) is 7.05 Å². The molecular weight excluding hydrogens is 304 g/mol. The zero-order valence-corrected chi connectivity index (χ0v) is 14.6. The number of carbonyl (C=O) groups is 1. The molecule has 0 radical (unpaired) electrons. The van der Waals surface area contributed by atoms with Crippen LogP contribution in [0.25, 0.3) is 0 Å². The van der Waals surface area contributed by atoms with Crippen molar-refractivity contribution in [2.75, 3.05) is 19.8 Å². The van der Waals surface area contributed by atoms with E-state index in [-0.39, 0.29) is 30.4 Å². The van der Waals surface area contributed by atoms with E-state index in [1.807, 2.05) is 25.6 Å². The Morgan fingerprint density at radius 3 is 2.82 bits per heavy atom. The van der Waals surface area contributed by atoms with Gasteiger partial charge in [-0.2, -0.15) is 5.10 Å². The first-order chi connectivity index (χ1) is 9.97. The molecule has 0 spiro atoms. The molecule has 22 heavy (non-hydrogen) atoms. The number of nitrogens with one attached hydrogen (secondary N) is 2. The van der Waals surface area contributed by atoms with Gasteiger partial charge in [0.25, 0.3) is 0 Å². The van der Waals surface area contributed by atoms with Gasteiger partial charge in [-0.15, -0.1) is 12.4 Å². The summed E-state index contributed by atoms with van der Waals surface area (Å²) in [7, 11) is 1.95. The summed E-state index contributed by atoms with van der Waals surface area (Å²) in [6.45, 7) is 8.28. The van der Waals surface area contributed by atoms with Gasteiger partial charge >= 0.3 is 0 Å². The summed E-state index contributed by atoms with van der Waals surface area (Å²) in [4.78, 5) is 12.1. The number of hydrogen-bond acceptors (Lipinski definition) is 4. The van der Waals surface area contributed by atoms with Crippen LogP contribution in [0.1, 0.15) is 30.3 Å². The van der Waals surface area contributed by atoms with Gasteiger partial charge in [0.2, 0.25) is 5.91 Å². The molecule has 1 fully saturated rings. The quantitative estimate of drug-likeness (QED) is 0.841. The van der Waals surface area contributed by atoms with Crippen LogP contribution in [0.4, 0.5) is 0 Å². The summed E-state index contributed by atoms with van der Waals surface area (Å²) >= 11 is 0. The minimum Gasteiger partial charge on any atom is -0.378 e. The number of morpholine rings is 1. The maximum Gasteiger partial charge on any atom is 0.221 e. The Kier molecular flexibility index (Phi) is 7.32. The zero-order valence-electron chi connectivity index (χ0n) is 13.8. The van der Waals surface area contributed by atoms with Gasteiger partial charge in [0.15, 0.2) is 0 Å². The SMILES string of the molecule is Cc1nn(C)c(C)c1CC(C)NC(=O)CC1COCCN1.Cl. The number of halogens is 1. The van der Waals surface area contributed by atoms with E-state index in [0.717, 1.165) is 31.0 Å². The van der Waals surface area contributed by atoms with E-state index >= 15 is 0 Å². The van der Waals surface area contributed by atoms with Gasteiger partial charge < -0.3 is 15.4 Å². The van der Waals surface area contributed by atoms with Crippen molar-refractivity contribution >= 4 is 18.3 Å². The molecule has 1 aliphatic rings. The largest absolute Gasteiger partial charge is 0.378 e. The Hall–Kier alpha value is -1.11. The molecule has 1 saturated heterocycles. The summed E-state index contributed by atoms with van der Waals surface area (Å²) in [5.41, 5.74) is 3.43. The molecule has 0 aromatic carbocycles. The summed E-state index contributed by atoms with van der Waals surface area (Å²) < 4.78 is 7.26. The first-order valence-electron chi connectivity index (χ1n) is 7.57. The number of ether oxygens (including phenoxy) is 1. The van der Waals surface area contributed by atoms with Crippen LogP contribution in [-0.4, -0.2) is 47.5 Å². The van der Waals surface area contributed by atoms with E-state index in [1.54, 1.807) is 0 Å². The number of aromatic nitrogens is 2. The number of carbonyl (C=O) groups excluding carboxylic acids is 1. The van der Waals surface area contributed by atoms with Crippen molar-refractivity contribution in [1.29, 1.82) is 0 Å². The van der Waals surface area contributed by atoms with E-state index < -0.39 is 0 Å². The van der Waals surface area contributed by atoms with E-state index in [9.17, 15) is 4.79 Å². The molecule has 1 aromatic rings. The molecule has 1 amide bonds. The number of aryl methyl sites for hydroxylation is 2. The number of nitrogens with zero attached hydrogens (tertiary/aromatic N) is 2. The van der Waals surface area contributed by atoms with Gasteiger partial charge in [-0.25, -0.2) is 0 Å². The van der Waals surface area contributed by atoms with Crippen LogP contribution < -0.4 is 10.6 Å². The first-order valence-corrected chi connectivity index (χ1v) is 7.57. The lowest BCUT2D eigenvalue weighted by molar-refractivity contribution is -0.122. The van der Waals surface area contributed by atoms with Crippen molar-refractivity contribution in [3.63, 3.8) is 0 Å². The Bertz CT molecular complexity index is 498. The number of rotatable bonds is 5. The number of hydrogen-bond donors (Lipinski definition) is 2. The first kappa shape index (κ1) is 18.9. The van der Waals surface area contributed by atoms with Crippen molar-refractivity contribution in [3.05, 3.63) is 17.0 Å². The predicted octanol–water partition coefficient (Wildman–Crippen LogP) is 0.884. The van der Waals surface area contributed by atoms with E-state index in [2.05, 4.69) is 22.7 Å². The van der Waals surface area contributed by atoms with Crippen LogP contribution in [-0.2, 0) is 23.0 Å². The minimum atomic E-state index is 0. The normalized spacial score (nSPS) is 19.4. The monoisotopic (exact) mass is 330 g/mol. The minimum absolute atomic E-state index is 0. The topological polar surface area (TPSA) is 68.2 Å². The average molecular weight is 331 g/mol. The van der Waals surface area contributed by atoms with Gasteiger partial charge in [0, 0.05) is 37.8 Å². The predicted molar refractivity (Wildman–Crippen MR) is 88.5 cm³/mol. The standard InChI is InChI=1S/C15H26N4O2.ClH/c1-10(7-14-11(2)18-19(4)12(14)3)17-15(20)8-13-9-21-6-5-16-13;/h10,13,16H,5-9H2,1-4H3,(H,17,20);1H. The maximum atomic E-state index is 12.1. The van der Waals surface area contributed by atoms with E-state index in [4.69, 9.17) is 4.74 Å². The molecule has 0 aliphatic carbocycles. The third kappa shape index (κ3) is 4.97. The molecule has 126 valence electrons. The van der Waals surface area contributed by atoms with Crippen LogP contribution in [0.2, 0.25) is 0 Å². The highest BCUT2D eigenvalue weighted by Gasteiger charge is 2.19. The van der Waals surface area contributed by atoms with Crippen molar-refractivity contribution in [1.82, 2.24) is 20.4 Å². The number of amides is 1. The smallest absolute Gasteiger partial charge is 0.221 e. The molecule has 2 unspecified atom stereocenters. The zero-order chi connectivity index (χ0) is 15.4. The van der Waals surface area contributed by atoms with Crippen LogP contribution in [0.3, 0.4) is 0 Å². The van der Waals surface area contributed by atoms with E-state index in [1.165, 1.54) is 5.56 Å². The molecule has 0 bridgehead atoms. The van der Waals surface area contributed by atoms with Gasteiger partial charge in [0.05, 0.1) is 18.9 Å². The second kappa shape index (κ2) is 8.50. The summed E-state index contributed by atoms with van der Waals surface area (Å²) in [6, 6.07) is 0.233. The molecule has 0 saturated carbocycles. The van der Waals surface area contributed by atoms with Crippen LogP contribution in [0.5, 0.6) is 0 Å². The Labute approximate surface area is 138 Å². The molecule has 6 nitrogen and oxygen atoms in total. The summed E-state index contributed by atoms with van der Waals surface area (Å²) in [6.07, 6.45) is 1.28. The van der Waals surface area contributed by atoms with E-state index in [0.29, 0.717) is 13.0 Å². The fourth-order valence-corrected chi connectivity index (χ4v) is 2.78. The lowest BCUT2D eigenvalue weighted by atomic mass is 10.0. The summed E-state index contributed by atoms with van der Waals surface area (Å²) in [5, 5.41) is 10.8. The fourth-order valence-electron chi connectivity index (χ4n) is 2.78. The summed E-state index contributed by atoms with van der Waals surface area (Å²) in [5.74, 6) is 0.0738. The highest BCUT2D eigenvalue weighted by Crippen LogP contribution is 2.14. The van der Waals surface area contributed by atoms with Crippen molar-refractivity contribution in [3.8, 4) is 0 Å². The van der Waals surface area contributed by atoms with Crippen molar-refractivity contribution in [2.45, 2.75) is 45.7 Å². The highest BCUT2D eigenvalue weighted by molar-refractivity contribution is 5.85. The van der Waals surface area contributed by atoms with Crippen LogP contribution >= 0.6 is 12.4 Å². The Morgan fingerprint density at radius 1 is 1.55 bits per heavy atom. The molecule has 2 rings (SSSR count). The van der Waals surface area contributed by atoms with Gasteiger partial charge in [-0.3, -0.25) is 9.48 Å². The fraction of sp³-hybridized carbons (Fsp3) is 0.733. The molecule has 2 N–H and O–H groups in total. The third-order valence-corrected chi connectivity index (χ3v) is 4.01. The average Bonchev–Trinajstić information content (AvgIpc) is 2.66. The van der Waals surface area contributed by atoms with Gasteiger partial charge in [0.1, 0.15) is 0 Å². The van der Waals surface area contributed by atoms with Crippen molar-refractivity contribution < 1.29 is 9.53 Å². The Morgan fingerprint density at radius 2 is 2.27 bits per heavy atom. The molecule has 1 aliphatic heterocycles. The second-order valence-corrected chi connectivity index (χ2v) is 5.88. The molecule has 1 aromatic heterocycles. The van der Waals surface area contributed by atoms with Gasteiger partial charge in [-0.05, 0) is 32.8 Å². The Balaban J connectivity index is 0.00000242. The maximum absolute atomic E-state index is 12.1. The van der Waals surface area contributed by atoms with Gasteiger partial charge in [-0.1, -0.05) is 0 Å². The molecule has 2 atom stereocenters. The lowest BCUT2D eigenvalue weighted by Crippen LogP contribution is -2.45. The second-order valence-electron chi connectivity index (χ2n) is 5.88. The highest BCUT2D eigenvalue weighted by atomic mass is 35.5. The van der Waals surface area contributed by atoms with Crippen LogP contribution in [0, 0.1) is 13.8 Å². The molecule has 2 heterocycles. The molecular formula is C15H27ClN4O2. The van der Waals surface area contributed by atoms with Crippen LogP contribution in [0.15, 0.2) is 0 Å². The molecule has 7 heteroatoms. The lowest BCUT2D eigenvalue weighted by Gasteiger charge is -2.24. The third-order valence-electron chi connectivity index (χ3n) is 4.01.